The van der Waals surface area contributed by atoms with Crippen LogP contribution in [0.2, 0.25) is 0 Å². The zero-order valence-electron chi connectivity index (χ0n) is 12.9. The van der Waals surface area contributed by atoms with E-state index in [-0.39, 0.29) is 12.5 Å². The van der Waals surface area contributed by atoms with Crippen molar-refractivity contribution in [1.29, 1.82) is 0 Å². The van der Waals surface area contributed by atoms with Crippen molar-refractivity contribution in [2.45, 2.75) is 32.6 Å². The third-order valence-corrected chi connectivity index (χ3v) is 4.26. The molecule has 1 unspecified atom stereocenters. The van der Waals surface area contributed by atoms with Gasteiger partial charge in [0.1, 0.15) is 0 Å². The first-order valence-electron chi connectivity index (χ1n) is 7.47. The Hall–Kier alpha value is -2.32. The van der Waals surface area contributed by atoms with E-state index in [4.69, 9.17) is 0 Å². The Bertz CT molecular complexity index is 691. The fraction of sp³-hybridized carbons (Fsp3) is 0.571. The number of hydrogen-bond donors (Lipinski definition) is 2. The number of aromatic nitrogens is 5. The number of amides is 1. The fourth-order valence-corrected chi connectivity index (χ4v) is 2.92. The fourth-order valence-electron chi connectivity index (χ4n) is 2.92. The van der Waals surface area contributed by atoms with Crippen LogP contribution in [-0.4, -0.2) is 55.4 Å². The average Bonchev–Trinajstić information content (AvgIpc) is 3.15. The molecule has 2 N–H and O–H groups in total. The minimum atomic E-state index is -2.78. The number of hydrogen-bond acceptors (Lipinski definition) is 4. The number of aromatic amines is 2. The van der Waals surface area contributed by atoms with Crippen molar-refractivity contribution in [3.05, 3.63) is 17.3 Å². The summed E-state index contributed by atoms with van der Waals surface area (Å²) in [6, 6.07) is 1.64. The molecule has 7 nitrogen and oxygen atoms in total. The molecular weight excluding hydrogens is 306 g/mol. The van der Waals surface area contributed by atoms with E-state index in [1.165, 1.54) is 4.90 Å². The average molecular weight is 324 g/mol. The number of carbonyl (C=O) groups excluding carboxylic acids is 1. The van der Waals surface area contributed by atoms with Gasteiger partial charge in [0, 0.05) is 24.7 Å². The van der Waals surface area contributed by atoms with Crippen molar-refractivity contribution in [2.75, 3.05) is 13.1 Å². The second kappa shape index (κ2) is 5.71. The van der Waals surface area contributed by atoms with Gasteiger partial charge in [-0.2, -0.15) is 5.21 Å². The predicted octanol–water partition coefficient (Wildman–Crippen LogP) is 2.01. The van der Waals surface area contributed by atoms with Crippen LogP contribution >= 0.6 is 0 Å². The van der Waals surface area contributed by atoms with Crippen molar-refractivity contribution in [3.63, 3.8) is 0 Å². The number of halogens is 2. The Morgan fingerprint density at radius 1 is 1.48 bits per heavy atom. The Morgan fingerprint density at radius 2 is 2.26 bits per heavy atom. The maximum atomic E-state index is 13.5. The van der Waals surface area contributed by atoms with Gasteiger partial charge >= 0.3 is 0 Å². The van der Waals surface area contributed by atoms with Gasteiger partial charge in [0.2, 0.25) is 11.7 Å². The summed E-state index contributed by atoms with van der Waals surface area (Å²) in [6.45, 7) is 3.24. The molecule has 23 heavy (non-hydrogen) atoms. The monoisotopic (exact) mass is 324 g/mol. The van der Waals surface area contributed by atoms with Gasteiger partial charge in [-0.3, -0.25) is 4.79 Å². The summed E-state index contributed by atoms with van der Waals surface area (Å²) in [5.74, 6) is -3.47. The molecule has 0 aromatic carbocycles. The molecule has 0 spiro atoms. The van der Waals surface area contributed by atoms with Crippen LogP contribution in [0.1, 0.15) is 35.8 Å². The first-order chi connectivity index (χ1) is 10.9. The number of likely N-dealkylation sites (tertiary alicyclic amines) is 1. The second-order valence-electron chi connectivity index (χ2n) is 6.00. The van der Waals surface area contributed by atoms with Crippen molar-refractivity contribution >= 4 is 5.91 Å². The number of piperidine rings is 1. The molecule has 0 saturated carbocycles. The number of alkyl halides is 2. The maximum absolute atomic E-state index is 13.5. The number of carbonyl (C=O) groups is 1. The number of rotatable bonds is 3. The lowest BCUT2D eigenvalue weighted by atomic mass is 9.92. The molecule has 1 saturated heterocycles. The first kappa shape index (κ1) is 15.6. The molecule has 3 rings (SSSR count). The van der Waals surface area contributed by atoms with Gasteiger partial charge < -0.3 is 9.88 Å². The summed E-state index contributed by atoms with van der Waals surface area (Å²) in [7, 11) is 0. The van der Waals surface area contributed by atoms with Crippen LogP contribution in [0.3, 0.4) is 0 Å². The number of H-pyrrole nitrogens is 2. The van der Waals surface area contributed by atoms with Crippen LogP contribution in [0.4, 0.5) is 8.78 Å². The highest BCUT2D eigenvalue weighted by Gasteiger charge is 2.38. The summed E-state index contributed by atoms with van der Waals surface area (Å²) >= 11 is 0. The molecule has 124 valence electrons. The number of aryl methyl sites for hydroxylation is 1. The van der Waals surface area contributed by atoms with Crippen LogP contribution < -0.4 is 0 Å². The predicted molar refractivity (Wildman–Crippen MR) is 77.9 cm³/mol. The summed E-state index contributed by atoms with van der Waals surface area (Å²) in [6.07, 6.45) is 1.02. The Balaban J connectivity index is 1.80. The van der Waals surface area contributed by atoms with E-state index in [1.54, 1.807) is 13.0 Å². The lowest BCUT2D eigenvalue weighted by Crippen LogP contribution is -2.45. The third kappa shape index (κ3) is 3.08. The molecule has 1 atom stereocenters. The van der Waals surface area contributed by atoms with Gasteiger partial charge in [0.15, 0.2) is 0 Å². The van der Waals surface area contributed by atoms with E-state index in [2.05, 4.69) is 25.6 Å². The topological polar surface area (TPSA) is 90.6 Å². The SMILES string of the molecule is Cc1[nH]c(-c2nn[nH]n2)cc1C(=O)N1CCCC(C(C)(F)F)C1. The summed E-state index contributed by atoms with van der Waals surface area (Å²) in [5, 5.41) is 13.5. The van der Waals surface area contributed by atoms with Gasteiger partial charge in [-0.1, -0.05) is 0 Å². The highest BCUT2D eigenvalue weighted by atomic mass is 19.3. The lowest BCUT2D eigenvalue weighted by molar-refractivity contribution is -0.0618. The van der Waals surface area contributed by atoms with Crippen molar-refractivity contribution in [2.24, 2.45) is 5.92 Å². The standard InChI is InChI=1S/C14H18F2N6O/c1-8-10(6-11(17-8)12-18-20-21-19-12)13(23)22-5-3-4-9(7-22)14(2,15)16/h6,9,17H,3-5,7H2,1-2H3,(H,18,19,20,21). The molecule has 2 aromatic heterocycles. The minimum absolute atomic E-state index is 0.0739. The normalized spacial score (nSPS) is 19.1. The molecule has 1 aliphatic rings. The van der Waals surface area contributed by atoms with Crippen molar-refractivity contribution in [3.8, 4) is 11.5 Å². The van der Waals surface area contributed by atoms with E-state index in [0.29, 0.717) is 42.2 Å². The van der Waals surface area contributed by atoms with Crippen LogP contribution in [0, 0.1) is 12.8 Å². The minimum Gasteiger partial charge on any atom is -0.355 e. The molecule has 1 fully saturated rings. The quantitative estimate of drug-likeness (QED) is 0.903. The summed E-state index contributed by atoms with van der Waals surface area (Å²) in [5.41, 5.74) is 1.67. The molecule has 1 amide bonds. The van der Waals surface area contributed by atoms with Crippen LogP contribution in [-0.2, 0) is 0 Å². The largest absolute Gasteiger partial charge is 0.355 e. The van der Waals surface area contributed by atoms with E-state index in [1.807, 2.05) is 0 Å². The lowest BCUT2D eigenvalue weighted by Gasteiger charge is -2.35. The van der Waals surface area contributed by atoms with Crippen molar-refractivity contribution < 1.29 is 13.6 Å². The first-order valence-corrected chi connectivity index (χ1v) is 7.47. The van der Waals surface area contributed by atoms with Gasteiger partial charge in [-0.15, -0.1) is 10.2 Å². The smallest absolute Gasteiger partial charge is 0.255 e. The maximum Gasteiger partial charge on any atom is 0.255 e. The van der Waals surface area contributed by atoms with E-state index in [0.717, 1.165) is 6.92 Å². The Kier molecular flexibility index (Phi) is 3.87. The Morgan fingerprint density at radius 3 is 2.91 bits per heavy atom. The molecule has 0 radical (unpaired) electrons. The second-order valence-corrected chi connectivity index (χ2v) is 6.00. The van der Waals surface area contributed by atoms with E-state index >= 15 is 0 Å². The van der Waals surface area contributed by atoms with Gasteiger partial charge in [-0.05, 0) is 38.0 Å². The summed E-state index contributed by atoms with van der Waals surface area (Å²) in [4.78, 5) is 17.2. The molecule has 9 heteroatoms. The van der Waals surface area contributed by atoms with Gasteiger partial charge in [0.25, 0.3) is 5.91 Å². The molecule has 2 aromatic rings. The highest BCUT2D eigenvalue weighted by Crippen LogP contribution is 2.32. The summed E-state index contributed by atoms with van der Waals surface area (Å²) < 4.78 is 27.1. The van der Waals surface area contributed by atoms with Gasteiger partial charge in [0.05, 0.1) is 11.3 Å². The van der Waals surface area contributed by atoms with Crippen LogP contribution in [0.15, 0.2) is 6.07 Å². The molecule has 3 heterocycles. The highest BCUT2D eigenvalue weighted by molar-refractivity contribution is 5.96. The number of nitrogens with one attached hydrogen (secondary N) is 2. The number of tetrazole rings is 1. The van der Waals surface area contributed by atoms with Crippen LogP contribution in [0.25, 0.3) is 11.5 Å². The van der Waals surface area contributed by atoms with Gasteiger partial charge in [-0.25, -0.2) is 8.78 Å². The van der Waals surface area contributed by atoms with E-state index in [9.17, 15) is 13.6 Å². The molecule has 0 bridgehead atoms. The van der Waals surface area contributed by atoms with E-state index < -0.39 is 11.8 Å². The zero-order valence-corrected chi connectivity index (χ0v) is 12.9. The Labute approximate surface area is 131 Å². The molecule has 0 aliphatic carbocycles. The molecular formula is C14H18F2N6O. The third-order valence-electron chi connectivity index (χ3n) is 4.26. The zero-order chi connectivity index (χ0) is 16.6. The molecule has 1 aliphatic heterocycles. The van der Waals surface area contributed by atoms with Crippen molar-refractivity contribution in [1.82, 2.24) is 30.5 Å². The number of nitrogens with zero attached hydrogens (tertiary/aromatic N) is 4. The van der Waals surface area contributed by atoms with Crippen LogP contribution in [0.5, 0.6) is 0 Å².